The molecular weight excluding hydrogens is 286 g/mol. The van der Waals surface area contributed by atoms with E-state index in [1.165, 1.54) is 18.2 Å². The highest BCUT2D eigenvalue weighted by atomic mass is 79.9. The fourth-order valence-electron chi connectivity index (χ4n) is 1.13. The molecule has 2 aromatic rings. The van der Waals surface area contributed by atoms with E-state index in [1.807, 2.05) is 0 Å². The first-order chi connectivity index (χ1) is 8.15. The summed E-state index contributed by atoms with van der Waals surface area (Å²) in [5.41, 5.74) is 0.271. The van der Waals surface area contributed by atoms with E-state index in [4.69, 9.17) is 5.11 Å². The zero-order chi connectivity index (χ0) is 12.3. The molecule has 6 heteroatoms. The highest BCUT2D eigenvalue weighted by molar-refractivity contribution is 9.10. The maximum Gasteiger partial charge on any atom is 0.174 e. The fraction of sp³-hybridized carbons (Fsp3) is 0. The summed E-state index contributed by atoms with van der Waals surface area (Å²) in [7, 11) is 0. The summed E-state index contributed by atoms with van der Waals surface area (Å²) < 4.78 is 0.851. The van der Waals surface area contributed by atoms with Gasteiger partial charge in [0.2, 0.25) is 0 Å². The molecule has 0 aliphatic rings. The Morgan fingerprint density at radius 1 is 1.06 bits per heavy atom. The number of hydrogen-bond acceptors (Lipinski definition) is 5. The number of azo groups is 1. The molecular formula is C11H8BrN3O2. The number of halogens is 1. The molecule has 0 aliphatic carbocycles. The fourth-order valence-corrected chi connectivity index (χ4v) is 1.36. The average Bonchev–Trinajstić information content (AvgIpc) is 2.30. The molecule has 2 N–H and O–H groups in total. The molecule has 0 aliphatic heterocycles. The number of aromatic nitrogens is 1. The molecule has 0 radical (unpaired) electrons. The van der Waals surface area contributed by atoms with Crippen LogP contribution in [0.5, 0.6) is 11.5 Å². The van der Waals surface area contributed by atoms with E-state index in [2.05, 4.69) is 31.1 Å². The predicted molar refractivity (Wildman–Crippen MR) is 65.9 cm³/mol. The van der Waals surface area contributed by atoms with E-state index in [-0.39, 0.29) is 17.2 Å². The first kappa shape index (κ1) is 11.5. The molecule has 0 amide bonds. The van der Waals surface area contributed by atoms with E-state index >= 15 is 0 Å². The van der Waals surface area contributed by atoms with Crippen molar-refractivity contribution in [1.29, 1.82) is 0 Å². The van der Waals surface area contributed by atoms with Crippen molar-refractivity contribution in [3.8, 4) is 11.5 Å². The third kappa shape index (κ3) is 3.01. The molecule has 1 heterocycles. The Labute approximate surface area is 106 Å². The minimum Gasteiger partial charge on any atom is -0.508 e. The summed E-state index contributed by atoms with van der Waals surface area (Å²) in [6.07, 6.45) is 1.60. The van der Waals surface area contributed by atoms with Crippen LogP contribution in [0.3, 0.4) is 0 Å². The highest BCUT2D eigenvalue weighted by Gasteiger charge is 2.00. The van der Waals surface area contributed by atoms with Crippen molar-refractivity contribution < 1.29 is 10.2 Å². The lowest BCUT2D eigenvalue weighted by molar-refractivity contribution is 0.451. The third-order valence-corrected chi connectivity index (χ3v) is 2.40. The van der Waals surface area contributed by atoms with Gasteiger partial charge < -0.3 is 10.2 Å². The molecule has 0 spiro atoms. The number of phenols is 2. The van der Waals surface area contributed by atoms with E-state index in [0.717, 1.165) is 4.47 Å². The Bertz CT molecular complexity index is 555. The number of aromatic hydroxyl groups is 2. The van der Waals surface area contributed by atoms with E-state index in [9.17, 15) is 5.11 Å². The number of phenolic OH excluding ortho intramolecular Hbond substituents is 2. The number of pyridine rings is 1. The lowest BCUT2D eigenvalue weighted by atomic mass is 10.3. The quantitative estimate of drug-likeness (QED) is 0.829. The zero-order valence-corrected chi connectivity index (χ0v) is 10.2. The van der Waals surface area contributed by atoms with Crippen molar-refractivity contribution in [1.82, 2.24) is 4.98 Å². The van der Waals surface area contributed by atoms with Gasteiger partial charge in [0.1, 0.15) is 17.2 Å². The molecule has 0 atom stereocenters. The number of hydrogen-bond donors (Lipinski definition) is 2. The SMILES string of the molecule is Oc1ccc(N=Nc2ccc(Br)cn2)c(O)c1. The van der Waals surface area contributed by atoms with Gasteiger partial charge >= 0.3 is 0 Å². The van der Waals surface area contributed by atoms with E-state index in [0.29, 0.717) is 5.82 Å². The number of rotatable bonds is 2. The van der Waals surface area contributed by atoms with E-state index in [1.54, 1.807) is 18.3 Å². The smallest absolute Gasteiger partial charge is 0.174 e. The van der Waals surface area contributed by atoms with Crippen LogP contribution in [0.4, 0.5) is 11.5 Å². The van der Waals surface area contributed by atoms with Crippen molar-refractivity contribution in [2.45, 2.75) is 0 Å². The highest BCUT2D eigenvalue weighted by Crippen LogP contribution is 2.30. The van der Waals surface area contributed by atoms with Gasteiger partial charge in [-0.1, -0.05) is 0 Å². The van der Waals surface area contributed by atoms with Gasteiger partial charge in [-0.15, -0.1) is 10.2 Å². The lowest BCUT2D eigenvalue weighted by Crippen LogP contribution is -1.72. The Morgan fingerprint density at radius 3 is 2.53 bits per heavy atom. The van der Waals surface area contributed by atoms with Gasteiger partial charge in [0.15, 0.2) is 5.82 Å². The summed E-state index contributed by atoms with van der Waals surface area (Å²) in [6, 6.07) is 7.56. The Morgan fingerprint density at radius 2 is 1.88 bits per heavy atom. The molecule has 0 fully saturated rings. The van der Waals surface area contributed by atoms with Gasteiger partial charge in [0, 0.05) is 16.7 Å². The average molecular weight is 294 g/mol. The van der Waals surface area contributed by atoms with Gasteiger partial charge in [-0.3, -0.25) is 0 Å². The molecule has 17 heavy (non-hydrogen) atoms. The van der Waals surface area contributed by atoms with Gasteiger partial charge in [-0.05, 0) is 40.2 Å². The predicted octanol–water partition coefficient (Wildman–Crippen LogP) is 3.67. The Hall–Kier alpha value is -1.95. The van der Waals surface area contributed by atoms with Crippen LogP contribution in [0.15, 0.2) is 51.2 Å². The van der Waals surface area contributed by atoms with Gasteiger partial charge in [0.25, 0.3) is 0 Å². The van der Waals surface area contributed by atoms with Crippen LogP contribution in [0.2, 0.25) is 0 Å². The standard InChI is InChI=1S/C11H8BrN3O2/c12-7-1-4-11(13-6-7)15-14-9-3-2-8(16)5-10(9)17/h1-6,16-17H. The van der Waals surface area contributed by atoms with Crippen LogP contribution in [0, 0.1) is 0 Å². The summed E-state index contributed by atoms with van der Waals surface area (Å²) in [4.78, 5) is 4.00. The second-order valence-electron chi connectivity index (χ2n) is 3.21. The second kappa shape index (κ2) is 4.92. The normalized spacial score (nSPS) is 10.9. The molecule has 0 bridgehead atoms. The van der Waals surface area contributed by atoms with Crippen molar-refractivity contribution >= 4 is 27.4 Å². The van der Waals surface area contributed by atoms with Crippen molar-refractivity contribution in [3.63, 3.8) is 0 Å². The second-order valence-corrected chi connectivity index (χ2v) is 4.12. The first-order valence-corrected chi connectivity index (χ1v) is 5.50. The maximum atomic E-state index is 9.47. The number of nitrogens with zero attached hydrogens (tertiary/aromatic N) is 3. The summed E-state index contributed by atoms with van der Waals surface area (Å²) in [6.45, 7) is 0. The molecule has 2 rings (SSSR count). The molecule has 0 saturated carbocycles. The number of benzene rings is 1. The molecule has 5 nitrogen and oxygen atoms in total. The molecule has 1 aromatic carbocycles. The molecule has 0 saturated heterocycles. The Kier molecular flexibility index (Phi) is 3.34. The van der Waals surface area contributed by atoms with Gasteiger partial charge in [-0.2, -0.15) is 0 Å². The first-order valence-electron chi connectivity index (χ1n) is 4.70. The van der Waals surface area contributed by atoms with Crippen LogP contribution in [-0.4, -0.2) is 15.2 Å². The minimum absolute atomic E-state index is 0.0248. The molecule has 86 valence electrons. The van der Waals surface area contributed by atoms with Crippen LogP contribution < -0.4 is 0 Å². The van der Waals surface area contributed by atoms with Crippen LogP contribution in [0.25, 0.3) is 0 Å². The summed E-state index contributed by atoms with van der Waals surface area (Å²) in [5, 5.41) is 26.3. The minimum atomic E-state index is -0.133. The zero-order valence-electron chi connectivity index (χ0n) is 8.58. The lowest BCUT2D eigenvalue weighted by Gasteiger charge is -1.97. The largest absolute Gasteiger partial charge is 0.508 e. The van der Waals surface area contributed by atoms with Crippen LogP contribution in [0.1, 0.15) is 0 Å². The Balaban J connectivity index is 2.23. The van der Waals surface area contributed by atoms with Crippen LogP contribution in [-0.2, 0) is 0 Å². The van der Waals surface area contributed by atoms with Gasteiger partial charge in [0.05, 0.1) is 0 Å². The third-order valence-electron chi connectivity index (χ3n) is 1.93. The molecule has 1 aromatic heterocycles. The summed E-state index contributed by atoms with van der Waals surface area (Å²) >= 11 is 3.26. The van der Waals surface area contributed by atoms with Crippen molar-refractivity contribution in [2.24, 2.45) is 10.2 Å². The maximum absolute atomic E-state index is 9.47. The molecule has 0 unspecified atom stereocenters. The van der Waals surface area contributed by atoms with E-state index < -0.39 is 0 Å². The van der Waals surface area contributed by atoms with Crippen LogP contribution >= 0.6 is 15.9 Å². The van der Waals surface area contributed by atoms with Crippen molar-refractivity contribution in [2.75, 3.05) is 0 Å². The van der Waals surface area contributed by atoms with Gasteiger partial charge in [-0.25, -0.2) is 4.98 Å². The van der Waals surface area contributed by atoms with Crippen molar-refractivity contribution in [3.05, 3.63) is 41.0 Å². The topological polar surface area (TPSA) is 78.1 Å². The monoisotopic (exact) mass is 293 g/mol. The summed E-state index contributed by atoms with van der Waals surface area (Å²) in [5.74, 6) is 0.273.